The van der Waals surface area contributed by atoms with Crippen molar-refractivity contribution >= 4 is 16.8 Å². The Bertz CT molecular complexity index is 822. The molecule has 3 unspecified atom stereocenters. The number of benzene rings is 1. The van der Waals surface area contributed by atoms with Crippen molar-refractivity contribution in [3.8, 4) is 0 Å². The van der Waals surface area contributed by atoms with Gasteiger partial charge >= 0.3 is 0 Å². The molecule has 0 spiro atoms. The van der Waals surface area contributed by atoms with Gasteiger partial charge in [0.1, 0.15) is 6.54 Å². The summed E-state index contributed by atoms with van der Waals surface area (Å²) in [5.74, 6) is 1.33. The second kappa shape index (κ2) is 7.99. The average Bonchev–Trinajstić information content (AvgIpc) is 2.56. The van der Waals surface area contributed by atoms with Crippen LogP contribution in [-0.4, -0.2) is 46.3 Å². The van der Waals surface area contributed by atoms with Crippen molar-refractivity contribution in [1.29, 1.82) is 0 Å². The summed E-state index contributed by atoms with van der Waals surface area (Å²) in [4.78, 5) is 26.8. The lowest BCUT2D eigenvalue weighted by molar-refractivity contribution is -0.122. The Labute approximate surface area is 154 Å². The van der Waals surface area contributed by atoms with Crippen LogP contribution in [0.5, 0.6) is 0 Å². The van der Waals surface area contributed by atoms with Crippen molar-refractivity contribution < 1.29 is 4.79 Å². The number of hydrogen-bond acceptors (Lipinski definition) is 4. The summed E-state index contributed by atoms with van der Waals surface area (Å²) in [6.07, 6.45) is 2.55. The number of nitrogens with one attached hydrogen (secondary N) is 1. The van der Waals surface area contributed by atoms with Crippen molar-refractivity contribution in [2.75, 3.05) is 19.6 Å². The Morgan fingerprint density at radius 2 is 1.96 bits per heavy atom. The minimum absolute atomic E-state index is 0.0747. The molecule has 0 saturated carbocycles. The van der Waals surface area contributed by atoms with Crippen LogP contribution < -0.4 is 10.7 Å². The first-order chi connectivity index (χ1) is 12.4. The molecule has 0 radical (unpaired) electrons. The summed E-state index contributed by atoms with van der Waals surface area (Å²) in [5, 5.41) is 7.77. The van der Waals surface area contributed by atoms with Gasteiger partial charge in [-0.2, -0.15) is 5.10 Å². The first-order valence-corrected chi connectivity index (χ1v) is 9.39. The summed E-state index contributed by atoms with van der Waals surface area (Å²) >= 11 is 0. The molecule has 2 heterocycles. The lowest BCUT2D eigenvalue weighted by atomic mass is 9.92. The van der Waals surface area contributed by atoms with E-state index in [1.165, 1.54) is 12.6 Å². The molecule has 3 rings (SSSR count). The zero-order valence-corrected chi connectivity index (χ0v) is 15.8. The number of piperidine rings is 1. The van der Waals surface area contributed by atoms with Gasteiger partial charge in [-0.1, -0.05) is 26.0 Å². The first-order valence-electron chi connectivity index (χ1n) is 9.39. The number of aromatic nitrogens is 2. The Hall–Kier alpha value is -2.21. The molecule has 1 aliphatic rings. The molecular weight excluding hydrogens is 328 g/mol. The van der Waals surface area contributed by atoms with Crippen LogP contribution in [0.1, 0.15) is 27.2 Å². The molecule has 1 aromatic carbocycles. The number of hydrogen-bond donors (Lipinski definition) is 1. The third kappa shape index (κ3) is 4.49. The fraction of sp³-hybridized carbons (Fsp3) is 0.550. The summed E-state index contributed by atoms with van der Waals surface area (Å²) in [6, 6.07) is 7.31. The highest BCUT2D eigenvalue weighted by Crippen LogP contribution is 2.20. The van der Waals surface area contributed by atoms with E-state index in [1.807, 2.05) is 25.1 Å². The maximum atomic E-state index is 12.5. The van der Waals surface area contributed by atoms with E-state index < -0.39 is 0 Å². The van der Waals surface area contributed by atoms with Gasteiger partial charge in [-0.15, -0.1) is 0 Å². The molecule has 6 heteroatoms. The summed E-state index contributed by atoms with van der Waals surface area (Å²) in [5.41, 5.74) is 0.556. The fourth-order valence-corrected chi connectivity index (χ4v) is 4.12. The maximum Gasteiger partial charge on any atom is 0.242 e. The Kier molecular flexibility index (Phi) is 5.71. The van der Waals surface area contributed by atoms with Crippen LogP contribution in [-0.2, 0) is 11.3 Å². The second-order valence-electron chi connectivity index (χ2n) is 7.82. The largest absolute Gasteiger partial charge is 0.351 e. The molecule has 1 aliphatic heterocycles. The zero-order valence-electron chi connectivity index (χ0n) is 15.8. The lowest BCUT2D eigenvalue weighted by Gasteiger charge is -2.36. The minimum Gasteiger partial charge on any atom is -0.351 e. The van der Waals surface area contributed by atoms with Gasteiger partial charge in [0.15, 0.2) is 0 Å². The Morgan fingerprint density at radius 3 is 2.69 bits per heavy atom. The van der Waals surface area contributed by atoms with Gasteiger partial charge in [-0.3, -0.25) is 14.3 Å². The second-order valence-corrected chi connectivity index (χ2v) is 7.82. The first kappa shape index (κ1) is 18.6. The molecule has 140 valence electrons. The van der Waals surface area contributed by atoms with Gasteiger partial charge in [0.05, 0.1) is 11.7 Å². The number of fused-ring (bicyclic) bond motifs is 1. The van der Waals surface area contributed by atoms with Crippen LogP contribution in [0.25, 0.3) is 10.9 Å². The van der Waals surface area contributed by atoms with Crippen LogP contribution in [0.4, 0.5) is 0 Å². The minimum atomic E-state index is -0.126. The van der Waals surface area contributed by atoms with E-state index in [9.17, 15) is 9.59 Å². The summed E-state index contributed by atoms with van der Waals surface area (Å²) < 4.78 is 1.59. The van der Waals surface area contributed by atoms with Gasteiger partial charge in [0.25, 0.3) is 0 Å². The van der Waals surface area contributed by atoms with Gasteiger partial charge < -0.3 is 10.2 Å². The number of likely N-dealkylation sites (tertiary alicyclic amines) is 1. The van der Waals surface area contributed by atoms with E-state index in [4.69, 9.17) is 0 Å². The molecule has 6 nitrogen and oxygen atoms in total. The highest BCUT2D eigenvalue weighted by molar-refractivity contribution is 5.81. The molecule has 1 aromatic heterocycles. The third-order valence-electron chi connectivity index (χ3n) is 4.94. The standard InChI is InChI=1S/C20H28N4O2/c1-14-8-15(2)11-23(10-14)12-16(3)22-20(26)13-24-18-7-5-4-6-17(18)19(25)9-21-24/h4-7,9,14-16H,8,10-13H2,1-3H3,(H,22,26). The van der Waals surface area contributed by atoms with Crippen molar-refractivity contribution in [3.63, 3.8) is 0 Å². The highest BCUT2D eigenvalue weighted by atomic mass is 16.2. The van der Waals surface area contributed by atoms with Crippen LogP contribution in [0.3, 0.4) is 0 Å². The predicted octanol–water partition coefficient (Wildman–Crippen LogP) is 1.88. The van der Waals surface area contributed by atoms with E-state index in [2.05, 4.69) is 29.2 Å². The molecule has 26 heavy (non-hydrogen) atoms. The van der Waals surface area contributed by atoms with Crippen molar-refractivity contribution in [1.82, 2.24) is 20.0 Å². The molecule has 3 atom stereocenters. The van der Waals surface area contributed by atoms with E-state index in [0.717, 1.165) is 19.6 Å². The zero-order chi connectivity index (χ0) is 18.7. The number of amides is 1. The Balaban J connectivity index is 1.61. The summed E-state index contributed by atoms with van der Waals surface area (Å²) in [6.45, 7) is 9.78. The van der Waals surface area contributed by atoms with E-state index in [-0.39, 0.29) is 23.9 Å². The average molecular weight is 356 g/mol. The molecule has 1 fully saturated rings. The van der Waals surface area contributed by atoms with E-state index >= 15 is 0 Å². The van der Waals surface area contributed by atoms with Gasteiger partial charge in [-0.25, -0.2) is 0 Å². The molecule has 2 aromatic rings. The Morgan fingerprint density at radius 1 is 1.27 bits per heavy atom. The summed E-state index contributed by atoms with van der Waals surface area (Å²) in [7, 11) is 0. The van der Waals surface area contributed by atoms with Crippen molar-refractivity contribution in [2.24, 2.45) is 11.8 Å². The third-order valence-corrected chi connectivity index (χ3v) is 4.94. The number of rotatable bonds is 5. The van der Waals surface area contributed by atoms with Gasteiger partial charge in [0.2, 0.25) is 11.3 Å². The van der Waals surface area contributed by atoms with Crippen LogP contribution in [0.15, 0.2) is 35.3 Å². The van der Waals surface area contributed by atoms with E-state index in [0.29, 0.717) is 22.7 Å². The normalized spacial score (nSPS) is 22.3. The molecule has 1 N–H and O–H groups in total. The van der Waals surface area contributed by atoms with Gasteiger partial charge in [0, 0.05) is 31.1 Å². The van der Waals surface area contributed by atoms with Crippen LogP contribution >= 0.6 is 0 Å². The highest BCUT2D eigenvalue weighted by Gasteiger charge is 2.23. The number of carbonyl (C=O) groups is 1. The smallest absolute Gasteiger partial charge is 0.242 e. The monoisotopic (exact) mass is 356 g/mol. The lowest BCUT2D eigenvalue weighted by Crippen LogP contribution is -2.47. The van der Waals surface area contributed by atoms with Gasteiger partial charge in [-0.05, 0) is 37.3 Å². The molecular formula is C20H28N4O2. The van der Waals surface area contributed by atoms with Crippen LogP contribution in [0.2, 0.25) is 0 Å². The topological polar surface area (TPSA) is 67.2 Å². The SMILES string of the molecule is CC1CC(C)CN(CC(C)NC(=O)Cn2ncc(=O)c3ccccc32)C1. The molecule has 0 aliphatic carbocycles. The number of para-hydroxylation sites is 1. The maximum absolute atomic E-state index is 12.5. The fourth-order valence-electron chi connectivity index (χ4n) is 4.12. The molecule has 1 saturated heterocycles. The molecule has 1 amide bonds. The van der Waals surface area contributed by atoms with Crippen molar-refractivity contribution in [2.45, 2.75) is 39.8 Å². The van der Waals surface area contributed by atoms with Crippen molar-refractivity contribution in [3.05, 3.63) is 40.7 Å². The van der Waals surface area contributed by atoms with E-state index in [1.54, 1.807) is 10.7 Å². The van der Waals surface area contributed by atoms with Crippen LogP contribution in [0, 0.1) is 11.8 Å². The number of nitrogens with zero attached hydrogens (tertiary/aromatic N) is 3. The predicted molar refractivity (Wildman–Crippen MR) is 103 cm³/mol. The molecule has 0 bridgehead atoms. The quantitative estimate of drug-likeness (QED) is 0.888. The number of carbonyl (C=O) groups excluding carboxylic acids is 1.